The molecule has 1 aromatic carbocycles. The van der Waals surface area contributed by atoms with E-state index in [4.69, 9.17) is 4.52 Å². The fourth-order valence-corrected chi connectivity index (χ4v) is 3.12. The van der Waals surface area contributed by atoms with E-state index in [1.165, 1.54) is 10.9 Å². The highest BCUT2D eigenvalue weighted by Gasteiger charge is 2.11. The lowest BCUT2D eigenvalue weighted by Gasteiger charge is -1.98. The zero-order valence-electron chi connectivity index (χ0n) is 14.0. The third-order valence-electron chi connectivity index (χ3n) is 3.83. The number of hydrogen-bond donors (Lipinski definition) is 0. The number of benzene rings is 1. The summed E-state index contributed by atoms with van der Waals surface area (Å²) >= 11 is 1.57. The highest BCUT2D eigenvalue weighted by atomic mass is 32.1. The van der Waals surface area contributed by atoms with Crippen molar-refractivity contribution in [3.05, 3.63) is 53.0 Å². The molecule has 132 valence electrons. The highest BCUT2D eigenvalue weighted by molar-refractivity contribution is 7.13. The molecule has 3 heterocycles. The summed E-state index contributed by atoms with van der Waals surface area (Å²) in [5, 5.41) is 18.4. The maximum absolute atomic E-state index is 13.4. The molecule has 0 saturated heterocycles. The predicted octanol–water partition coefficient (Wildman–Crippen LogP) is 3.53. The van der Waals surface area contributed by atoms with Gasteiger partial charge in [0.2, 0.25) is 17.5 Å². The molecular formula is C17H15FN6OS. The van der Waals surface area contributed by atoms with Crippen LogP contribution in [0.2, 0.25) is 0 Å². The maximum Gasteiger partial charge on any atom is 0.227 e. The molecule has 0 radical (unpaired) electrons. The Hall–Kier alpha value is -2.94. The third kappa shape index (κ3) is 3.52. The van der Waals surface area contributed by atoms with Gasteiger partial charge in [-0.25, -0.2) is 4.39 Å². The van der Waals surface area contributed by atoms with Crippen LogP contribution in [0.4, 0.5) is 4.39 Å². The number of nitrogens with zero attached hydrogens (tertiary/aromatic N) is 6. The Morgan fingerprint density at radius 3 is 2.96 bits per heavy atom. The zero-order chi connectivity index (χ0) is 17.9. The average molecular weight is 370 g/mol. The van der Waals surface area contributed by atoms with Gasteiger partial charge in [-0.1, -0.05) is 11.2 Å². The van der Waals surface area contributed by atoms with Gasteiger partial charge in [0.15, 0.2) is 0 Å². The van der Waals surface area contributed by atoms with Gasteiger partial charge in [0.1, 0.15) is 5.82 Å². The van der Waals surface area contributed by atoms with Crippen LogP contribution < -0.4 is 0 Å². The van der Waals surface area contributed by atoms with Gasteiger partial charge in [0.05, 0.1) is 11.4 Å². The molecule has 0 fully saturated rings. The summed E-state index contributed by atoms with van der Waals surface area (Å²) < 4.78 is 18.6. The van der Waals surface area contributed by atoms with E-state index in [0.717, 1.165) is 16.9 Å². The van der Waals surface area contributed by atoms with Gasteiger partial charge in [0, 0.05) is 12.0 Å². The Bertz CT molecular complexity index is 1010. The third-order valence-corrected chi connectivity index (χ3v) is 4.69. The first-order valence-electron chi connectivity index (χ1n) is 8.10. The van der Waals surface area contributed by atoms with Crippen LogP contribution in [0.3, 0.4) is 0 Å². The van der Waals surface area contributed by atoms with Crippen LogP contribution in [0.15, 0.2) is 40.2 Å². The monoisotopic (exact) mass is 370 g/mol. The van der Waals surface area contributed by atoms with Crippen molar-refractivity contribution < 1.29 is 8.91 Å². The summed E-state index contributed by atoms with van der Waals surface area (Å²) in [6, 6.07) is 8.67. The van der Waals surface area contributed by atoms with Crippen LogP contribution in [-0.2, 0) is 13.0 Å². The number of hydrogen-bond acceptors (Lipinski definition) is 7. The normalized spacial score (nSPS) is 11.2. The van der Waals surface area contributed by atoms with Gasteiger partial charge in [-0.3, -0.25) is 0 Å². The second-order valence-electron chi connectivity index (χ2n) is 5.77. The number of halogens is 1. The molecule has 0 spiro atoms. The fourth-order valence-electron chi connectivity index (χ4n) is 2.47. The summed E-state index contributed by atoms with van der Waals surface area (Å²) in [6.45, 7) is 2.28. The topological polar surface area (TPSA) is 82.5 Å². The summed E-state index contributed by atoms with van der Waals surface area (Å²) in [4.78, 5) is 6.89. The largest absolute Gasteiger partial charge is 0.339 e. The van der Waals surface area contributed by atoms with Crippen LogP contribution in [0, 0.1) is 12.7 Å². The van der Waals surface area contributed by atoms with Gasteiger partial charge < -0.3 is 4.52 Å². The van der Waals surface area contributed by atoms with E-state index >= 15 is 0 Å². The lowest BCUT2D eigenvalue weighted by Crippen LogP contribution is -2.04. The molecule has 0 N–H and O–H groups in total. The number of tetrazole rings is 1. The molecular weight excluding hydrogens is 355 g/mol. The van der Waals surface area contributed by atoms with E-state index in [1.807, 2.05) is 17.5 Å². The standard InChI is InChI=1S/C17H15FN6OS/c1-11-10-12(6-7-13(11)18)16-20-23-24(21-16)8-2-5-15-19-17(22-25-15)14-4-3-9-26-14/h3-4,6-7,9-10H,2,5,8H2,1H3. The lowest BCUT2D eigenvalue weighted by molar-refractivity contribution is 0.368. The fraction of sp³-hybridized carbons (Fsp3) is 0.235. The van der Waals surface area contributed by atoms with Crippen molar-refractivity contribution in [2.45, 2.75) is 26.3 Å². The predicted molar refractivity (Wildman–Crippen MR) is 93.9 cm³/mol. The molecule has 0 bridgehead atoms. The number of rotatable bonds is 6. The van der Waals surface area contributed by atoms with Crippen LogP contribution in [0.5, 0.6) is 0 Å². The lowest BCUT2D eigenvalue weighted by atomic mass is 10.1. The first kappa shape index (κ1) is 16.5. The first-order chi connectivity index (χ1) is 12.7. The minimum absolute atomic E-state index is 0.248. The summed E-state index contributed by atoms with van der Waals surface area (Å²) in [5.74, 6) is 1.43. The molecule has 0 saturated carbocycles. The second-order valence-corrected chi connectivity index (χ2v) is 6.71. The Morgan fingerprint density at radius 1 is 1.23 bits per heavy atom. The maximum atomic E-state index is 13.4. The van der Waals surface area contributed by atoms with Gasteiger partial charge in [-0.05, 0) is 53.8 Å². The molecule has 0 aliphatic rings. The molecule has 0 unspecified atom stereocenters. The minimum atomic E-state index is -0.248. The van der Waals surface area contributed by atoms with E-state index < -0.39 is 0 Å². The smallest absolute Gasteiger partial charge is 0.227 e. The van der Waals surface area contributed by atoms with E-state index in [9.17, 15) is 4.39 Å². The van der Waals surface area contributed by atoms with Crippen molar-refractivity contribution in [2.24, 2.45) is 0 Å². The molecule has 0 amide bonds. The van der Waals surface area contributed by atoms with Crippen molar-refractivity contribution in [1.82, 2.24) is 30.3 Å². The van der Waals surface area contributed by atoms with Gasteiger partial charge >= 0.3 is 0 Å². The summed E-state index contributed by atoms with van der Waals surface area (Å²) in [7, 11) is 0. The Balaban J connectivity index is 1.35. The molecule has 3 aromatic heterocycles. The van der Waals surface area contributed by atoms with Gasteiger partial charge in [-0.2, -0.15) is 9.78 Å². The van der Waals surface area contributed by atoms with E-state index in [-0.39, 0.29) is 5.82 Å². The quantitative estimate of drug-likeness (QED) is 0.516. The Labute approximate surface area is 152 Å². The average Bonchev–Trinajstić information content (AvgIpc) is 3.38. The minimum Gasteiger partial charge on any atom is -0.339 e. The summed E-state index contributed by atoms with van der Waals surface area (Å²) in [6.07, 6.45) is 1.37. The Morgan fingerprint density at radius 2 is 2.15 bits per heavy atom. The van der Waals surface area contributed by atoms with Crippen LogP contribution >= 0.6 is 11.3 Å². The van der Waals surface area contributed by atoms with Crippen molar-refractivity contribution in [3.63, 3.8) is 0 Å². The molecule has 26 heavy (non-hydrogen) atoms. The van der Waals surface area contributed by atoms with Gasteiger partial charge in [-0.15, -0.1) is 21.5 Å². The van der Waals surface area contributed by atoms with E-state index in [0.29, 0.717) is 36.1 Å². The first-order valence-corrected chi connectivity index (χ1v) is 8.98. The second kappa shape index (κ2) is 7.12. The van der Waals surface area contributed by atoms with Crippen molar-refractivity contribution in [2.75, 3.05) is 0 Å². The van der Waals surface area contributed by atoms with Crippen LogP contribution in [0.25, 0.3) is 22.1 Å². The molecule has 7 nitrogen and oxygen atoms in total. The molecule has 4 aromatic rings. The highest BCUT2D eigenvalue weighted by Crippen LogP contribution is 2.21. The number of aromatic nitrogens is 6. The van der Waals surface area contributed by atoms with Crippen molar-refractivity contribution in [3.8, 4) is 22.1 Å². The molecule has 0 aliphatic carbocycles. The van der Waals surface area contributed by atoms with Crippen molar-refractivity contribution in [1.29, 1.82) is 0 Å². The summed E-state index contributed by atoms with van der Waals surface area (Å²) in [5.41, 5.74) is 1.30. The molecule has 4 rings (SSSR count). The molecule has 9 heteroatoms. The SMILES string of the molecule is Cc1cc(-c2nnn(CCCc3nc(-c4cccs4)no3)n2)ccc1F. The Kier molecular flexibility index (Phi) is 4.53. The molecule has 0 atom stereocenters. The van der Waals surface area contributed by atoms with Crippen molar-refractivity contribution >= 4 is 11.3 Å². The van der Waals surface area contributed by atoms with E-state index in [2.05, 4.69) is 25.6 Å². The van der Waals surface area contributed by atoms with Crippen LogP contribution in [-0.4, -0.2) is 30.3 Å². The zero-order valence-corrected chi connectivity index (χ0v) is 14.8. The number of aryl methyl sites for hydroxylation is 3. The molecule has 0 aliphatic heterocycles. The van der Waals surface area contributed by atoms with E-state index in [1.54, 1.807) is 30.4 Å². The van der Waals surface area contributed by atoms with Gasteiger partial charge in [0.25, 0.3) is 0 Å². The number of thiophene rings is 1. The van der Waals surface area contributed by atoms with Crippen LogP contribution in [0.1, 0.15) is 17.9 Å².